The van der Waals surface area contributed by atoms with E-state index in [4.69, 9.17) is 0 Å². The first-order valence-corrected chi connectivity index (χ1v) is 6.70. The van der Waals surface area contributed by atoms with Crippen molar-refractivity contribution in [1.82, 2.24) is 4.90 Å². The SMILES string of the molecule is CC1CC(=O)N(CC(=O)c2ccc(I)cc2)C1. The number of hydrogen-bond donors (Lipinski definition) is 0. The van der Waals surface area contributed by atoms with Gasteiger partial charge in [-0.3, -0.25) is 9.59 Å². The van der Waals surface area contributed by atoms with Gasteiger partial charge >= 0.3 is 0 Å². The number of rotatable bonds is 3. The zero-order chi connectivity index (χ0) is 12.4. The summed E-state index contributed by atoms with van der Waals surface area (Å²) >= 11 is 2.20. The number of halogens is 1. The van der Waals surface area contributed by atoms with Gasteiger partial charge in [0.05, 0.1) is 6.54 Å². The summed E-state index contributed by atoms with van der Waals surface area (Å²) in [5.74, 6) is 0.479. The van der Waals surface area contributed by atoms with Gasteiger partial charge in [-0.25, -0.2) is 0 Å². The van der Waals surface area contributed by atoms with Gasteiger partial charge in [-0.1, -0.05) is 19.1 Å². The van der Waals surface area contributed by atoms with Crippen molar-refractivity contribution in [2.75, 3.05) is 13.1 Å². The zero-order valence-electron chi connectivity index (χ0n) is 9.65. The number of ketones is 1. The van der Waals surface area contributed by atoms with E-state index in [0.717, 1.165) is 3.57 Å². The summed E-state index contributed by atoms with van der Waals surface area (Å²) in [5.41, 5.74) is 0.678. The molecule has 4 heteroatoms. The average Bonchev–Trinajstić information content (AvgIpc) is 2.58. The molecule has 1 amide bonds. The minimum Gasteiger partial charge on any atom is -0.335 e. The van der Waals surface area contributed by atoms with E-state index in [0.29, 0.717) is 24.4 Å². The fourth-order valence-electron chi connectivity index (χ4n) is 2.02. The number of likely N-dealkylation sites (tertiary alicyclic amines) is 1. The largest absolute Gasteiger partial charge is 0.335 e. The van der Waals surface area contributed by atoms with Crippen LogP contribution >= 0.6 is 22.6 Å². The molecule has 0 N–H and O–H groups in total. The number of amides is 1. The Kier molecular flexibility index (Phi) is 3.81. The van der Waals surface area contributed by atoms with Gasteiger partial charge in [0, 0.05) is 22.1 Å². The van der Waals surface area contributed by atoms with E-state index < -0.39 is 0 Å². The van der Waals surface area contributed by atoms with Crippen LogP contribution in [0.1, 0.15) is 23.7 Å². The highest BCUT2D eigenvalue weighted by Crippen LogP contribution is 2.17. The molecule has 1 fully saturated rings. The fraction of sp³-hybridized carbons (Fsp3) is 0.385. The monoisotopic (exact) mass is 343 g/mol. The van der Waals surface area contributed by atoms with Crippen LogP contribution in [0.5, 0.6) is 0 Å². The van der Waals surface area contributed by atoms with E-state index in [1.54, 1.807) is 4.90 Å². The van der Waals surface area contributed by atoms with Gasteiger partial charge < -0.3 is 4.90 Å². The Balaban J connectivity index is 2.02. The van der Waals surface area contributed by atoms with Crippen LogP contribution in [-0.4, -0.2) is 29.7 Å². The summed E-state index contributed by atoms with van der Waals surface area (Å²) < 4.78 is 1.10. The van der Waals surface area contributed by atoms with Crippen molar-refractivity contribution in [1.29, 1.82) is 0 Å². The first kappa shape index (κ1) is 12.5. The van der Waals surface area contributed by atoms with Crippen LogP contribution < -0.4 is 0 Å². The van der Waals surface area contributed by atoms with Crippen LogP contribution in [0.2, 0.25) is 0 Å². The van der Waals surface area contributed by atoms with Crippen LogP contribution in [0, 0.1) is 9.49 Å². The number of nitrogens with zero attached hydrogens (tertiary/aromatic N) is 1. The summed E-state index contributed by atoms with van der Waals surface area (Å²) in [4.78, 5) is 25.2. The smallest absolute Gasteiger partial charge is 0.223 e. The minimum atomic E-state index is 0.0175. The molecule has 2 rings (SSSR count). The molecular weight excluding hydrogens is 329 g/mol. The Morgan fingerprint density at radius 2 is 2.06 bits per heavy atom. The third-order valence-corrected chi connectivity index (χ3v) is 3.63. The maximum atomic E-state index is 12.0. The topological polar surface area (TPSA) is 37.4 Å². The molecule has 0 spiro atoms. The summed E-state index contributed by atoms with van der Waals surface area (Å²) in [6.45, 7) is 2.95. The lowest BCUT2D eigenvalue weighted by Crippen LogP contribution is -2.31. The maximum Gasteiger partial charge on any atom is 0.223 e. The summed E-state index contributed by atoms with van der Waals surface area (Å²) in [6, 6.07) is 7.44. The first-order chi connectivity index (χ1) is 8.06. The molecule has 1 saturated heterocycles. The lowest BCUT2D eigenvalue weighted by molar-refractivity contribution is -0.127. The molecule has 0 bridgehead atoms. The molecule has 1 atom stereocenters. The van der Waals surface area contributed by atoms with E-state index in [1.165, 1.54) is 0 Å². The zero-order valence-corrected chi connectivity index (χ0v) is 11.8. The number of hydrogen-bond acceptors (Lipinski definition) is 2. The fourth-order valence-corrected chi connectivity index (χ4v) is 2.38. The lowest BCUT2D eigenvalue weighted by atomic mass is 10.1. The number of benzene rings is 1. The summed E-state index contributed by atoms with van der Waals surface area (Å²) in [6.07, 6.45) is 0.569. The Labute approximate surface area is 114 Å². The van der Waals surface area contributed by atoms with Gasteiger partial charge in [0.2, 0.25) is 5.91 Å². The Hall–Kier alpha value is -0.910. The van der Waals surface area contributed by atoms with Gasteiger partial charge in [0.25, 0.3) is 0 Å². The molecule has 3 nitrogen and oxygen atoms in total. The number of Topliss-reactive ketones (excluding diaryl/α,β-unsaturated/α-hetero) is 1. The third-order valence-electron chi connectivity index (χ3n) is 2.91. The Bertz CT molecular complexity index is 441. The highest BCUT2D eigenvalue weighted by atomic mass is 127. The van der Waals surface area contributed by atoms with E-state index in [1.807, 2.05) is 31.2 Å². The Morgan fingerprint density at radius 3 is 2.59 bits per heavy atom. The van der Waals surface area contributed by atoms with Crippen molar-refractivity contribution in [3.8, 4) is 0 Å². The molecule has 1 unspecified atom stereocenters. The van der Waals surface area contributed by atoms with Crippen molar-refractivity contribution in [3.05, 3.63) is 33.4 Å². The molecule has 0 aliphatic carbocycles. The lowest BCUT2D eigenvalue weighted by Gasteiger charge is -2.14. The standard InChI is InChI=1S/C13H14INO2/c1-9-6-13(17)15(7-9)8-12(16)10-2-4-11(14)5-3-10/h2-5,9H,6-8H2,1H3. The van der Waals surface area contributed by atoms with E-state index in [-0.39, 0.29) is 18.2 Å². The molecule has 1 aromatic rings. The highest BCUT2D eigenvalue weighted by molar-refractivity contribution is 14.1. The minimum absolute atomic E-state index is 0.0175. The van der Waals surface area contributed by atoms with Crippen molar-refractivity contribution in [3.63, 3.8) is 0 Å². The van der Waals surface area contributed by atoms with E-state index in [9.17, 15) is 9.59 Å². The predicted octanol–water partition coefficient (Wildman–Crippen LogP) is 2.34. The van der Waals surface area contributed by atoms with Crippen LogP contribution in [-0.2, 0) is 4.79 Å². The molecule has 0 saturated carbocycles. The molecule has 17 heavy (non-hydrogen) atoms. The second-order valence-corrected chi connectivity index (χ2v) is 5.76. The van der Waals surface area contributed by atoms with Crippen LogP contribution in [0.4, 0.5) is 0 Å². The first-order valence-electron chi connectivity index (χ1n) is 5.63. The van der Waals surface area contributed by atoms with Crippen molar-refractivity contribution >= 4 is 34.3 Å². The number of carbonyl (C=O) groups is 2. The van der Waals surface area contributed by atoms with E-state index in [2.05, 4.69) is 22.6 Å². The van der Waals surface area contributed by atoms with Crippen LogP contribution in [0.25, 0.3) is 0 Å². The van der Waals surface area contributed by atoms with Crippen molar-refractivity contribution in [2.45, 2.75) is 13.3 Å². The van der Waals surface area contributed by atoms with Crippen molar-refractivity contribution in [2.24, 2.45) is 5.92 Å². The molecule has 1 aliphatic heterocycles. The summed E-state index contributed by atoms with van der Waals surface area (Å²) in [7, 11) is 0. The predicted molar refractivity (Wildman–Crippen MR) is 73.9 cm³/mol. The molecule has 1 aliphatic rings. The van der Waals surface area contributed by atoms with Gasteiger partial charge in [-0.2, -0.15) is 0 Å². The number of carbonyl (C=O) groups excluding carboxylic acids is 2. The summed E-state index contributed by atoms with van der Waals surface area (Å²) in [5, 5.41) is 0. The molecule has 1 heterocycles. The molecule has 1 aromatic carbocycles. The van der Waals surface area contributed by atoms with Crippen LogP contribution in [0.3, 0.4) is 0 Å². The highest BCUT2D eigenvalue weighted by Gasteiger charge is 2.27. The quantitative estimate of drug-likeness (QED) is 0.624. The van der Waals surface area contributed by atoms with Gasteiger partial charge in [0.15, 0.2) is 5.78 Å². The Morgan fingerprint density at radius 1 is 1.41 bits per heavy atom. The van der Waals surface area contributed by atoms with Gasteiger partial charge in [0.1, 0.15) is 0 Å². The third kappa shape index (κ3) is 3.06. The maximum absolute atomic E-state index is 12.0. The van der Waals surface area contributed by atoms with E-state index >= 15 is 0 Å². The molecular formula is C13H14INO2. The van der Waals surface area contributed by atoms with Gasteiger partial charge in [-0.15, -0.1) is 0 Å². The average molecular weight is 343 g/mol. The second kappa shape index (κ2) is 5.16. The van der Waals surface area contributed by atoms with Crippen LogP contribution in [0.15, 0.2) is 24.3 Å². The van der Waals surface area contributed by atoms with Crippen molar-refractivity contribution < 1.29 is 9.59 Å². The molecule has 0 aromatic heterocycles. The second-order valence-electron chi connectivity index (χ2n) is 4.51. The van der Waals surface area contributed by atoms with Gasteiger partial charge in [-0.05, 0) is 40.6 Å². The molecule has 0 radical (unpaired) electrons. The normalized spacial score (nSPS) is 19.8. The molecule has 90 valence electrons.